The van der Waals surface area contributed by atoms with Gasteiger partial charge >= 0.3 is 0 Å². The van der Waals surface area contributed by atoms with Crippen LogP contribution in [0.4, 0.5) is 0 Å². The highest BCUT2D eigenvalue weighted by molar-refractivity contribution is 5.19. The number of hydrogen-bond acceptors (Lipinski definition) is 0. The van der Waals surface area contributed by atoms with Gasteiger partial charge in [0, 0.05) is 0 Å². The van der Waals surface area contributed by atoms with Crippen molar-refractivity contribution < 1.29 is 0 Å². The maximum atomic E-state index is 2.33. The van der Waals surface area contributed by atoms with Gasteiger partial charge in [0.05, 0.1) is 0 Å². The third kappa shape index (κ3) is 4.83. The summed E-state index contributed by atoms with van der Waals surface area (Å²) in [7, 11) is 0. The Balaban J connectivity index is 2.61. The van der Waals surface area contributed by atoms with Gasteiger partial charge in [-0.15, -0.1) is 0 Å². The van der Waals surface area contributed by atoms with E-state index < -0.39 is 0 Å². The van der Waals surface area contributed by atoms with E-state index in [1.165, 1.54) is 31.2 Å². The lowest BCUT2D eigenvalue weighted by Crippen LogP contribution is -2.08. The summed E-state index contributed by atoms with van der Waals surface area (Å²) in [5.74, 6) is 0.755. The van der Waals surface area contributed by atoms with Gasteiger partial charge in [-0.05, 0) is 36.2 Å². The van der Waals surface area contributed by atoms with E-state index in [0.29, 0.717) is 5.41 Å². The highest BCUT2D eigenvalue weighted by Crippen LogP contribution is 2.31. The molecule has 90 valence electrons. The van der Waals surface area contributed by atoms with Gasteiger partial charge in [0.25, 0.3) is 0 Å². The first-order chi connectivity index (χ1) is 7.53. The van der Waals surface area contributed by atoms with Crippen LogP contribution in [0, 0.1) is 5.41 Å². The monoisotopic (exact) mass is 218 g/mol. The molecule has 1 unspecified atom stereocenters. The van der Waals surface area contributed by atoms with Crippen molar-refractivity contribution in [1.29, 1.82) is 0 Å². The third-order valence-electron chi connectivity index (χ3n) is 3.15. The van der Waals surface area contributed by atoms with Crippen LogP contribution < -0.4 is 0 Å². The van der Waals surface area contributed by atoms with E-state index in [2.05, 4.69) is 58.0 Å². The van der Waals surface area contributed by atoms with Crippen molar-refractivity contribution in [2.24, 2.45) is 5.41 Å². The Hall–Kier alpha value is -0.780. The molecule has 0 aliphatic heterocycles. The molecule has 0 N–H and O–H groups in total. The van der Waals surface area contributed by atoms with Crippen molar-refractivity contribution in [3.05, 3.63) is 35.9 Å². The van der Waals surface area contributed by atoms with Crippen LogP contribution in [0.1, 0.15) is 64.9 Å². The summed E-state index contributed by atoms with van der Waals surface area (Å²) in [6.07, 6.45) is 5.23. The molecule has 0 bridgehead atoms. The summed E-state index contributed by atoms with van der Waals surface area (Å²) in [6.45, 7) is 9.29. The van der Waals surface area contributed by atoms with Gasteiger partial charge in [-0.2, -0.15) is 0 Å². The van der Waals surface area contributed by atoms with Gasteiger partial charge in [-0.3, -0.25) is 0 Å². The fourth-order valence-electron chi connectivity index (χ4n) is 2.16. The minimum absolute atomic E-state index is 0.459. The predicted octanol–water partition coefficient (Wildman–Crippen LogP) is 5.40. The molecule has 0 spiro atoms. The molecule has 1 aromatic carbocycles. The van der Waals surface area contributed by atoms with E-state index in [9.17, 15) is 0 Å². The topological polar surface area (TPSA) is 0 Å². The molecule has 0 saturated carbocycles. The molecule has 0 saturated heterocycles. The number of hydrogen-bond donors (Lipinski definition) is 0. The molecule has 1 rings (SSSR count). The lowest BCUT2D eigenvalue weighted by molar-refractivity contribution is 0.343. The summed E-state index contributed by atoms with van der Waals surface area (Å²) in [4.78, 5) is 0. The van der Waals surface area contributed by atoms with Crippen LogP contribution in [0.2, 0.25) is 0 Å². The smallest absolute Gasteiger partial charge is 0.0162 e. The zero-order chi connectivity index (χ0) is 12.0. The number of benzene rings is 1. The van der Waals surface area contributed by atoms with Crippen LogP contribution in [0.25, 0.3) is 0 Å². The minimum atomic E-state index is 0.459. The largest absolute Gasteiger partial charge is 0.0654 e. The van der Waals surface area contributed by atoms with Crippen molar-refractivity contribution in [1.82, 2.24) is 0 Å². The van der Waals surface area contributed by atoms with Gasteiger partial charge in [-0.1, -0.05) is 64.4 Å². The molecular weight excluding hydrogens is 192 g/mol. The molecule has 0 aliphatic carbocycles. The van der Waals surface area contributed by atoms with E-state index >= 15 is 0 Å². The standard InChI is InChI=1S/C16H26/c1-5-9-14(12-13-16(2,3)4)15-10-7-6-8-11-15/h6-8,10-11,14H,5,9,12-13H2,1-4H3. The lowest BCUT2D eigenvalue weighted by atomic mass is 9.82. The maximum absolute atomic E-state index is 2.33. The SMILES string of the molecule is CCCC(CCC(C)(C)C)c1ccccc1. The van der Waals surface area contributed by atoms with Crippen LogP contribution in [0.15, 0.2) is 30.3 Å². The second kappa shape index (κ2) is 6.08. The summed E-state index contributed by atoms with van der Waals surface area (Å²) in [6, 6.07) is 11.0. The highest BCUT2D eigenvalue weighted by Gasteiger charge is 2.15. The second-order valence-corrected chi connectivity index (χ2v) is 6.00. The zero-order valence-electron chi connectivity index (χ0n) is 11.3. The average molecular weight is 218 g/mol. The quantitative estimate of drug-likeness (QED) is 0.621. The molecule has 0 heterocycles. The van der Waals surface area contributed by atoms with E-state index in [1.807, 2.05) is 0 Å². The lowest BCUT2D eigenvalue weighted by Gasteiger charge is -2.23. The first kappa shape index (κ1) is 13.3. The zero-order valence-corrected chi connectivity index (χ0v) is 11.3. The van der Waals surface area contributed by atoms with Gasteiger partial charge in [0.15, 0.2) is 0 Å². The van der Waals surface area contributed by atoms with Crippen LogP contribution in [0.3, 0.4) is 0 Å². The van der Waals surface area contributed by atoms with Crippen molar-refractivity contribution >= 4 is 0 Å². The Morgan fingerprint density at radius 3 is 2.12 bits per heavy atom. The first-order valence-electron chi connectivity index (χ1n) is 6.58. The fraction of sp³-hybridized carbons (Fsp3) is 0.625. The Morgan fingerprint density at radius 1 is 1.00 bits per heavy atom. The molecule has 1 aromatic rings. The van der Waals surface area contributed by atoms with E-state index in [1.54, 1.807) is 0 Å². The molecule has 0 nitrogen and oxygen atoms in total. The molecule has 0 amide bonds. The minimum Gasteiger partial charge on any atom is -0.0654 e. The second-order valence-electron chi connectivity index (χ2n) is 6.00. The van der Waals surface area contributed by atoms with Crippen molar-refractivity contribution in [3.63, 3.8) is 0 Å². The van der Waals surface area contributed by atoms with Crippen LogP contribution in [-0.2, 0) is 0 Å². The molecule has 0 fully saturated rings. The Kier molecular flexibility index (Phi) is 5.05. The van der Waals surface area contributed by atoms with Gasteiger partial charge < -0.3 is 0 Å². The average Bonchev–Trinajstić information content (AvgIpc) is 2.24. The van der Waals surface area contributed by atoms with Crippen molar-refractivity contribution in [2.45, 2.75) is 59.3 Å². The summed E-state index contributed by atoms with van der Waals surface area (Å²) in [5.41, 5.74) is 1.98. The summed E-state index contributed by atoms with van der Waals surface area (Å²) in [5, 5.41) is 0. The Morgan fingerprint density at radius 2 is 1.62 bits per heavy atom. The van der Waals surface area contributed by atoms with E-state index in [4.69, 9.17) is 0 Å². The highest BCUT2D eigenvalue weighted by atomic mass is 14.2. The van der Waals surface area contributed by atoms with Crippen LogP contribution >= 0.6 is 0 Å². The number of rotatable bonds is 5. The molecule has 16 heavy (non-hydrogen) atoms. The summed E-state index contributed by atoms with van der Waals surface area (Å²) >= 11 is 0. The fourth-order valence-corrected chi connectivity index (χ4v) is 2.16. The molecular formula is C16H26. The molecule has 0 radical (unpaired) electrons. The van der Waals surface area contributed by atoms with Crippen molar-refractivity contribution in [3.8, 4) is 0 Å². The molecule has 0 aromatic heterocycles. The normalized spacial score (nSPS) is 13.8. The van der Waals surface area contributed by atoms with Gasteiger partial charge in [0.1, 0.15) is 0 Å². The summed E-state index contributed by atoms with van der Waals surface area (Å²) < 4.78 is 0. The van der Waals surface area contributed by atoms with Gasteiger partial charge in [-0.25, -0.2) is 0 Å². The first-order valence-corrected chi connectivity index (χ1v) is 6.58. The van der Waals surface area contributed by atoms with Gasteiger partial charge in [0.2, 0.25) is 0 Å². The third-order valence-corrected chi connectivity index (χ3v) is 3.15. The maximum Gasteiger partial charge on any atom is -0.0162 e. The van der Waals surface area contributed by atoms with E-state index in [-0.39, 0.29) is 0 Å². The van der Waals surface area contributed by atoms with Crippen LogP contribution in [-0.4, -0.2) is 0 Å². The molecule has 1 atom stereocenters. The Bertz CT molecular complexity index is 279. The van der Waals surface area contributed by atoms with E-state index in [0.717, 1.165) is 5.92 Å². The molecule has 0 aliphatic rings. The van der Waals surface area contributed by atoms with Crippen molar-refractivity contribution in [2.75, 3.05) is 0 Å². The van der Waals surface area contributed by atoms with Crippen LogP contribution in [0.5, 0.6) is 0 Å². The Labute approximate surface area is 101 Å². The molecule has 0 heteroatoms. The predicted molar refractivity (Wildman–Crippen MR) is 72.8 cm³/mol.